The lowest BCUT2D eigenvalue weighted by Crippen LogP contribution is -2.44. The first kappa shape index (κ1) is 11.6. The molecule has 0 bridgehead atoms. The van der Waals surface area contributed by atoms with E-state index >= 15 is 0 Å². The van der Waals surface area contributed by atoms with Crippen molar-refractivity contribution in [2.24, 2.45) is 0 Å². The van der Waals surface area contributed by atoms with Crippen molar-refractivity contribution in [1.82, 2.24) is 10.2 Å². The maximum absolute atomic E-state index is 11.8. The smallest absolute Gasteiger partial charge is 0.261 e. The molecule has 1 aliphatic rings. The van der Waals surface area contributed by atoms with Gasteiger partial charge in [0.25, 0.3) is 5.91 Å². The van der Waals surface area contributed by atoms with Crippen LogP contribution in [-0.2, 0) is 0 Å². The van der Waals surface area contributed by atoms with Gasteiger partial charge in [0.1, 0.15) is 0 Å². The molecule has 0 unspecified atom stereocenters. The van der Waals surface area contributed by atoms with Crippen molar-refractivity contribution in [3.63, 3.8) is 0 Å². The summed E-state index contributed by atoms with van der Waals surface area (Å²) in [6, 6.07) is 4.15. The lowest BCUT2D eigenvalue weighted by Gasteiger charge is -2.31. The van der Waals surface area contributed by atoms with Crippen LogP contribution in [0.5, 0.6) is 0 Å². The number of thiophene rings is 1. The van der Waals surface area contributed by atoms with Crippen molar-refractivity contribution < 1.29 is 4.79 Å². The van der Waals surface area contributed by atoms with Crippen LogP contribution in [0.4, 0.5) is 0 Å². The molecule has 88 valence electrons. The molecule has 1 aromatic heterocycles. The number of amides is 1. The summed E-state index contributed by atoms with van der Waals surface area (Å²) >= 11 is 1.50. The molecule has 0 atom stereocenters. The van der Waals surface area contributed by atoms with Gasteiger partial charge in [-0.3, -0.25) is 4.79 Å². The molecule has 1 N–H and O–H groups in total. The molecular weight excluding hydrogens is 220 g/mol. The fraction of sp³-hybridized carbons (Fsp3) is 0.583. The van der Waals surface area contributed by atoms with Crippen molar-refractivity contribution in [2.75, 3.05) is 19.6 Å². The number of hydrogen-bond donors (Lipinski definition) is 1. The van der Waals surface area contributed by atoms with Crippen LogP contribution in [0.2, 0.25) is 0 Å². The van der Waals surface area contributed by atoms with Gasteiger partial charge in [-0.15, -0.1) is 11.3 Å². The Morgan fingerprint density at radius 2 is 2.31 bits per heavy atom. The average Bonchev–Trinajstić information content (AvgIpc) is 2.83. The predicted octanol–water partition coefficient (Wildman–Crippen LogP) is 1.96. The Kier molecular flexibility index (Phi) is 3.96. The molecule has 4 heteroatoms. The second-order valence-electron chi connectivity index (χ2n) is 4.16. The van der Waals surface area contributed by atoms with Crippen LogP contribution in [0.3, 0.4) is 0 Å². The van der Waals surface area contributed by atoms with Crippen LogP contribution in [0, 0.1) is 0 Å². The summed E-state index contributed by atoms with van der Waals surface area (Å²) in [5.41, 5.74) is 0. The molecule has 0 radical (unpaired) electrons. The molecule has 0 saturated carbocycles. The molecule has 0 aliphatic carbocycles. The van der Waals surface area contributed by atoms with Gasteiger partial charge in [0.05, 0.1) is 4.88 Å². The number of nitrogens with one attached hydrogen (secondary N) is 1. The van der Waals surface area contributed by atoms with E-state index in [0.29, 0.717) is 6.04 Å². The monoisotopic (exact) mass is 238 g/mol. The largest absolute Gasteiger partial charge is 0.349 e. The zero-order chi connectivity index (χ0) is 11.4. The highest BCUT2D eigenvalue weighted by molar-refractivity contribution is 7.12. The average molecular weight is 238 g/mol. The van der Waals surface area contributed by atoms with Crippen molar-refractivity contribution in [3.05, 3.63) is 22.4 Å². The molecule has 16 heavy (non-hydrogen) atoms. The van der Waals surface area contributed by atoms with Crippen LogP contribution < -0.4 is 5.32 Å². The molecular formula is C12H18N2OS. The maximum atomic E-state index is 11.8. The predicted molar refractivity (Wildman–Crippen MR) is 66.9 cm³/mol. The van der Waals surface area contributed by atoms with Crippen LogP contribution in [0.25, 0.3) is 0 Å². The van der Waals surface area contributed by atoms with Gasteiger partial charge in [0, 0.05) is 19.1 Å². The second kappa shape index (κ2) is 5.46. The molecule has 1 aliphatic heterocycles. The summed E-state index contributed by atoms with van der Waals surface area (Å²) in [4.78, 5) is 15.1. The summed E-state index contributed by atoms with van der Waals surface area (Å²) in [6.07, 6.45) is 2.15. The molecule has 2 rings (SSSR count). The lowest BCUT2D eigenvalue weighted by atomic mass is 10.1. The van der Waals surface area contributed by atoms with E-state index in [1.807, 2.05) is 17.5 Å². The highest BCUT2D eigenvalue weighted by Gasteiger charge is 2.20. The third-order valence-corrected chi connectivity index (χ3v) is 3.98. The zero-order valence-corrected chi connectivity index (χ0v) is 10.4. The molecule has 1 amide bonds. The van der Waals surface area contributed by atoms with Gasteiger partial charge in [-0.25, -0.2) is 0 Å². The number of hydrogen-bond acceptors (Lipinski definition) is 3. The van der Waals surface area contributed by atoms with E-state index in [4.69, 9.17) is 0 Å². The molecule has 1 saturated heterocycles. The Morgan fingerprint density at radius 1 is 1.56 bits per heavy atom. The first-order valence-corrected chi connectivity index (χ1v) is 6.74. The first-order valence-electron chi connectivity index (χ1n) is 5.86. The van der Waals surface area contributed by atoms with E-state index < -0.39 is 0 Å². The Balaban J connectivity index is 1.81. The topological polar surface area (TPSA) is 32.3 Å². The number of carbonyl (C=O) groups is 1. The molecule has 3 nitrogen and oxygen atoms in total. The van der Waals surface area contributed by atoms with Crippen molar-refractivity contribution in [1.29, 1.82) is 0 Å². The Bertz CT molecular complexity index is 329. The first-order chi connectivity index (χ1) is 7.79. The van der Waals surface area contributed by atoms with E-state index in [1.54, 1.807) is 0 Å². The zero-order valence-electron chi connectivity index (χ0n) is 9.61. The minimum atomic E-state index is 0.0879. The number of piperidine rings is 1. The van der Waals surface area contributed by atoms with Crippen LogP contribution in [0.15, 0.2) is 17.5 Å². The van der Waals surface area contributed by atoms with Gasteiger partial charge in [-0.05, 0) is 30.8 Å². The molecule has 1 aromatic rings. The Morgan fingerprint density at radius 3 is 2.88 bits per heavy atom. The summed E-state index contributed by atoms with van der Waals surface area (Å²) in [5, 5.41) is 5.05. The Labute approximate surface area is 100 Å². The second-order valence-corrected chi connectivity index (χ2v) is 5.11. The van der Waals surface area contributed by atoms with Gasteiger partial charge in [-0.1, -0.05) is 13.0 Å². The van der Waals surface area contributed by atoms with Gasteiger partial charge in [0.2, 0.25) is 0 Å². The van der Waals surface area contributed by atoms with Crippen LogP contribution in [-0.4, -0.2) is 36.5 Å². The maximum Gasteiger partial charge on any atom is 0.261 e. The van der Waals surface area contributed by atoms with Gasteiger partial charge in [0.15, 0.2) is 0 Å². The number of carbonyl (C=O) groups excluding carboxylic acids is 1. The van der Waals surface area contributed by atoms with Crippen molar-refractivity contribution in [3.8, 4) is 0 Å². The van der Waals surface area contributed by atoms with Crippen LogP contribution >= 0.6 is 11.3 Å². The van der Waals surface area contributed by atoms with Crippen LogP contribution in [0.1, 0.15) is 29.4 Å². The third kappa shape index (κ3) is 2.83. The number of likely N-dealkylation sites (tertiary alicyclic amines) is 1. The van der Waals surface area contributed by atoms with Gasteiger partial charge < -0.3 is 10.2 Å². The molecule has 0 aromatic carbocycles. The summed E-state index contributed by atoms with van der Waals surface area (Å²) in [5.74, 6) is 0.0879. The van der Waals surface area contributed by atoms with E-state index in [-0.39, 0.29) is 5.91 Å². The van der Waals surface area contributed by atoms with E-state index in [1.165, 1.54) is 11.3 Å². The number of rotatable bonds is 3. The quantitative estimate of drug-likeness (QED) is 0.873. The van der Waals surface area contributed by atoms with Gasteiger partial charge in [-0.2, -0.15) is 0 Å². The van der Waals surface area contributed by atoms with E-state index in [9.17, 15) is 4.79 Å². The van der Waals surface area contributed by atoms with Crippen molar-refractivity contribution in [2.45, 2.75) is 25.8 Å². The lowest BCUT2D eigenvalue weighted by molar-refractivity contribution is 0.0917. The SMILES string of the molecule is CCN1CCC(NC(=O)c2cccs2)CC1. The summed E-state index contributed by atoms with van der Waals surface area (Å²) < 4.78 is 0. The minimum absolute atomic E-state index is 0.0879. The number of nitrogens with zero attached hydrogens (tertiary/aromatic N) is 1. The fourth-order valence-electron chi connectivity index (χ4n) is 2.06. The summed E-state index contributed by atoms with van der Waals surface area (Å²) in [6.45, 7) is 5.51. The highest BCUT2D eigenvalue weighted by atomic mass is 32.1. The fourth-order valence-corrected chi connectivity index (χ4v) is 2.68. The molecule has 1 fully saturated rings. The summed E-state index contributed by atoms with van der Waals surface area (Å²) in [7, 11) is 0. The van der Waals surface area contributed by atoms with E-state index in [0.717, 1.165) is 37.4 Å². The third-order valence-electron chi connectivity index (χ3n) is 3.11. The minimum Gasteiger partial charge on any atom is -0.349 e. The van der Waals surface area contributed by atoms with Gasteiger partial charge >= 0.3 is 0 Å². The molecule has 2 heterocycles. The highest BCUT2D eigenvalue weighted by Crippen LogP contribution is 2.13. The van der Waals surface area contributed by atoms with Crippen molar-refractivity contribution >= 4 is 17.2 Å². The van der Waals surface area contributed by atoms with E-state index in [2.05, 4.69) is 17.1 Å². The normalized spacial score (nSPS) is 18.6. The standard InChI is InChI=1S/C12H18N2OS/c1-2-14-7-5-10(6-8-14)13-12(15)11-4-3-9-16-11/h3-4,9-10H,2,5-8H2,1H3,(H,13,15). The molecule has 0 spiro atoms. The Hall–Kier alpha value is -0.870.